The minimum absolute atomic E-state index is 0.00369. The molecule has 0 aliphatic heterocycles. The Labute approximate surface area is 206 Å². The van der Waals surface area contributed by atoms with Crippen LogP contribution in [-0.2, 0) is 6.18 Å². The maximum atomic E-state index is 14.7. The van der Waals surface area contributed by atoms with Gasteiger partial charge in [-0.05, 0) is 48.5 Å². The lowest BCUT2D eigenvalue weighted by Crippen LogP contribution is -2.05. The van der Waals surface area contributed by atoms with Gasteiger partial charge < -0.3 is 4.74 Å². The lowest BCUT2D eigenvalue weighted by Gasteiger charge is -2.19. The SMILES string of the molecule is Fc1ccc(-c2cccc(-c3cc(C(F)(F)F)ccc3Cl)c2Oc2cc(Cl)cc(Cl)c2)c(F)c1. The molecule has 0 bridgehead atoms. The third-order valence-electron chi connectivity index (χ3n) is 4.88. The summed E-state index contributed by atoms with van der Waals surface area (Å²) >= 11 is 18.4. The maximum absolute atomic E-state index is 14.7. The predicted octanol–water partition coefficient (Wildman–Crippen LogP) is 10.1. The van der Waals surface area contributed by atoms with Gasteiger partial charge in [0.2, 0.25) is 0 Å². The van der Waals surface area contributed by atoms with E-state index in [-0.39, 0.29) is 48.8 Å². The Hall–Kier alpha value is -2.80. The van der Waals surface area contributed by atoms with Gasteiger partial charge >= 0.3 is 6.18 Å². The highest BCUT2D eigenvalue weighted by atomic mass is 35.5. The van der Waals surface area contributed by atoms with Crippen molar-refractivity contribution in [2.45, 2.75) is 6.18 Å². The summed E-state index contributed by atoms with van der Waals surface area (Å²) in [4.78, 5) is 0. The molecule has 0 heterocycles. The van der Waals surface area contributed by atoms with E-state index in [0.717, 1.165) is 24.3 Å². The Kier molecular flexibility index (Phi) is 6.76. The Morgan fingerprint density at radius 2 is 1.29 bits per heavy atom. The zero-order valence-corrected chi connectivity index (χ0v) is 19.1. The molecule has 0 aromatic heterocycles. The maximum Gasteiger partial charge on any atom is 0.416 e. The molecule has 0 atom stereocenters. The first-order chi connectivity index (χ1) is 16.0. The smallest absolute Gasteiger partial charge is 0.416 e. The molecule has 174 valence electrons. The van der Waals surface area contributed by atoms with Crippen molar-refractivity contribution in [3.05, 3.63) is 105 Å². The normalized spacial score (nSPS) is 11.5. The molecule has 4 aromatic rings. The van der Waals surface area contributed by atoms with E-state index in [1.807, 2.05) is 0 Å². The van der Waals surface area contributed by atoms with Gasteiger partial charge in [0.1, 0.15) is 23.1 Å². The van der Waals surface area contributed by atoms with Crippen LogP contribution in [-0.4, -0.2) is 0 Å². The van der Waals surface area contributed by atoms with Crippen molar-refractivity contribution in [2.75, 3.05) is 0 Å². The Morgan fingerprint density at radius 1 is 0.647 bits per heavy atom. The molecule has 0 fully saturated rings. The predicted molar refractivity (Wildman–Crippen MR) is 124 cm³/mol. The first kappa shape index (κ1) is 24.3. The van der Waals surface area contributed by atoms with E-state index >= 15 is 0 Å². The zero-order valence-electron chi connectivity index (χ0n) is 16.9. The molecule has 9 heteroatoms. The van der Waals surface area contributed by atoms with Crippen molar-refractivity contribution in [1.29, 1.82) is 0 Å². The minimum Gasteiger partial charge on any atom is -0.456 e. The van der Waals surface area contributed by atoms with Crippen LogP contribution in [0.1, 0.15) is 5.56 Å². The second-order valence-electron chi connectivity index (χ2n) is 7.21. The summed E-state index contributed by atoms with van der Waals surface area (Å²) in [5, 5.41) is 0.497. The van der Waals surface area contributed by atoms with Gasteiger partial charge in [0, 0.05) is 43.4 Å². The molecule has 0 saturated carbocycles. The van der Waals surface area contributed by atoms with E-state index in [9.17, 15) is 22.0 Å². The molecule has 0 amide bonds. The van der Waals surface area contributed by atoms with E-state index < -0.39 is 23.4 Å². The largest absolute Gasteiger partial charge is 0.456 e. The molecular formula is C25H12Cl3F5O. The van der Waals surface area contributed by atoms with Crippen molar-refractivity contribution < 1.29 is 26.7 Å². The molecule has 4 aromatic carbocycles. The summed E-state index contributed by atoms with van der Waals surface area (Å²) in [6.45, 7) is 0. The Bertz CT molecular complexity index is 1370. The van der Waals surface area contributed by atoms with Gasteiger partial charge in [0.05, 0.1) is 5.56 Å². The number of ether oxygens (including phenoxy) is 1. The zero-order chi connectivity index (χ0) is 24.6. The number of rotatable bonds is 4. The molecule has 0 radical (unpaired) electrons. The molecule has 0 aliphatic rings. The van der Waals surface area contributed by atoms with Crippen LogP contribution in [0.3, 0.4) is 0 Å². The molecule has 0 spiro atoms. The van der Waals surface area contributed by atoms with E-state index in [2.05, 4.69) is 0 Å². The van der Waals surface area contributed by atoms with Crippen molar-refractivity contribution >= 4 is 34.8 Å². The highest BCUT2D eigenvalue weighted by Crippen LogP contribution is 2.46. The van der Waals surface area contributed by atoms with Crippen LogP contribution < -0.4 is 4.74 Å². The monoisotopic (exact) mass is 528 g/mol. The van der Waals surface area contributed by atoms with Gasteiger partial charge in [0.15, 0.2) is 0 Å². The van der Waals surface area contributed by atoms with Gasteiger partial charge in [-0.25, -0.2) is 8.78 Å². The van der Waals surface area contributed by atoms with Gasteiger partial charge in [-0.2, -0.15) is 13.2 Å². The number of para-hydroxylation sites is 1. The number of alkyl halides is 3. The lowest BCUT2D eigenvalue weighted by molar-refractivity contribution is -0.137. The summed E-state index contributed by atoms with van der Waals surface area (Å²) in [7, 11) is 0. The number of hydrogen-bond donors (Lipinski definition) is 0. The summed E-state index contributed by atoms with van der Waals surface area (Å²) in [6.07, 6.45) is -4.62. The highest BCUT2D eigenvalue weighted by molar-refractivity contribution is 6.35. The van der Waals surface area contributed by atoms with Crippen LogP contribution in [0.25, 0.3) is 22.3 Å². The lowest BCUT2D eigenvalue weighted by atomic mass is 9.95. The quantitative estimate of drug-likeness (QED) is 0.239. The van der Waals surface area contributed by atoms with Gasteiger partial charge in [-0.1, -0.05) is 53.0 Å². The van der Waals surface area contributed by atoms with Crippen molar-refractivity contribution in [1.82, 2.24) is 0 Å². The number of benzene rings is 4. The molecule has 0 unspecified atom stereocenters. The third-order valence-corrected chi connectivity index (χ3v) is 5.64. The first-order valence-corrected chi connectivity index (χ1v) is 10.8. The van der Waals surface area contributed by atoms with Crippen molar-refractivity contribution in [3.8, 4) is 33.8 Å². The van der Waals surface area contributed by atoms with E-state index in [4.69, 9.17) is 39.5 Å². The second kappa shape index (κ2) is 9.45. The summed E-state index contributed by atoms with van der Waals surface area (Å²) in [5.74, 6) is -1.55. The molecule has 0 saturated heterocycles. The molecule has 1 nitrogen and oxygen atoms in total. The molecule has 0 aliphatic carbocycles. The summed E-state index contributed by atoms with van der Waals surface area (Å²) in [5.41, 5.74) is -0.659. The fraction of sp³-hybridized carbons (Fsp3) is 0.0400. The van der Waals surface area contributed by atoms with Crippen LogP contribution in [0.5, 0.6) is 11.5 Å². The average Bonchev–Trinajstić information content (AvgIpc) is 2.73. The van der Waals surface area contributed by atoms with Gasteiger partial charge in [0.25, 0.3) is 0 Å². The molecule has 0 N–H and O–H groups in total. The first-order valence-electron chi connectivity index (χ1n) is 9.62. The van der Waals surface area contributed by atoms with Crippen LogP contribution in [0.4, 0.5) is 22.0 Å². The minimum atomic E-state index is -4.62. The van der Waals surface area contributed by atoms with Crippen molar-refractivity contribution in [2.24, 2.45) is 0 Å². The van der Waals surface area contributed by atoms with Crippen LogP contribution in [0, 0.1) is 11.6 Å². The van der Waals surface area contributed by atoms with Crippen LogP contribution in [0.2, 0.25) is 15.1 Å². The van der Waals surface area contributed by atoms with Crippen molar-refractivity contribution in [3.63, 3.8) is 0 Å². The molecular weight excluding hydrogens is 518 g/mol. The standard InChI is InChI=1S/C25H12Cl3F5O/c26-14-9-15(27)11-17(10-14)34-24-19(18-6-5-16(29)12-23(18)30)2-1-3-20(24)21-8-13(25(31,32)33)4-7-22(21)28/h1-12H. The Morgan fingerprint density at radius 3 is 1.91 bits per heavy atom. The van der Waals surface area contributed by atoms with Crippen LogP contribution in [0.15, 0.2) is 72.8 Å². The van der Waals surface area contributed by atoms with E-state index in [1.165, 1.54) is 42.5 Å². The van der Waals surface area contributed by atoms with E-state index in [0.29, 0.717) is 6.07 Å². The van der Waals surface area contributed by atoms with Crippen LogP contribution >= 0.6 is 34.8 Å². The topological polar surface area (TPSA) is 9.23 Å². The Balaban J connectivity index is 1.99. The third kappa shape index (κ3) is 5.14. The fourth-order valence-electron chi connectivity index (χ4n) is 3.39. The second-order valence-corrected chi connectivity index (χ2v) is 8.49. The van der Waals surface area contributed by atoms with Gasteiger partial charge in [-0.15, -0.1) is 0 Å². The highest BCUT2D eigenvalue weighted by Gasteiger charge is 2.31. The summed E-state index contributed by atoms with van der Waals surface area (Å²) in [6, 6.07) is 14.6. The van der Waals surface area contributed by atoms with E-state index in [1.54, 1.807) is 0 Å². The van der Waals surface area contributed by atoms with Gasteiger partial charge in [-0.3, -0.25) is 0 Å². The number of halogens is 8. The fourth-order valence-corrected chi connectivity index (χ4v) is 4.12. The average molecular weight is 530 g/mol. The molecule has 34 heavy (non-hydrogen) atoms. The summed E-state index contributed by atoms with van der Waals surface area (Å²) < 4.78 is 74.4. The number of hydrogen-bond acceptors (Lipinski definition) is 1. The molecule has 4 rings (SSSR count).